The summed E-state index contributed by atoms with van der Waals surface area (Å²) in [7, 11) is 0. The molecule has 1 radical (unpaired) electrons. The molecule has 0 fully saturated rings. The van der Waals surface area contributed by atoms with Crippen molar-refractivity contribution in [2.75, 3.05) is 0 Å². The minimum atomic E-state index is 0. The normalized spacial score (nSPS) is 1.00. The van der Waals surface area contributed by atoms with Crippen molar-refractivity contribution in [3.05, 3.63) is 0 Å². The van der Waals surface area contributed by atoms with Gasteiger partial charge < -0.3 is 4.79 Å². The maximum Gasteiger partial charge on any atom is 0.106 e. The SMILES string of the molecule is C=O.[Co].[Mo]. The topological polar surface area (TPSA) is 17.1 Å². The van der Waals surface area contributed by atoms with Crippen LogP contribution in [0, 0.1) is 0 Å². The second-order valence-electron chi connectivity index (χ2n) is 0. The van der Waals surface area contributed by atoms with Gasteiger partial charge in [0.25, 0.3) is 0 Å². The summed E-state index contributed by atoms with van der Waals surface area (Å²) in [5.41, 5.74) is 0. The minimum absolute atomic E-state index is 0. The largest absolute Gasteiger partial charge is 0.307 e. The van der Waals surface area contributed by atoms with E-state index in [0.717, 1.165) is 0 Å². The van der Waals surface area contributed by atoms with Crippen LogP contribution in [0.4, 0.5) is 0 Å². The molecule has 0 aromatic heterocycles. The maximum atomic E-state index is 8.00. The van der Waals surface area contributed by atoms with Gasteiger partial charge in [-0.05, 0) is 0 Å². The molecule has 1 nitrogen and oxygen atoms in total. The molecule has 0 rings (SSSR count). The van der Waals surface area contributed by atoms with Gasteiger partial charge in [-0.15, -0.1) is 0 Å². The molecule has 0 aromatic carbocycles. The third-order valence-electron chi connectivity index (χ3n) is 0. The molecule has 0 atom stereocenters. The van der Waals surface area contributed by atoms with Crippen molar-refractivity contribution in [3.63, 3.8) is 0 Å². The fraction of sp³-hybridized carbons (Fsp3) is 0. The Morgan fingerprint density at radius 2 is 1.25 bits per heavy atom. The number of carbonyl (C=O) groups is 1. The first-order valence-electron chi connectivity index (χ1n) is 0.289. The van der Waals surface area contributed by atoms with Crippen molar-refractivity contribution >= 4 is 6.79 Å². The quantitative estimate of drug-likeness (QED) is 0.478. The predicted molar refractivity (Wildman–Crippen MR) is 7.12 cm³/mol. The Kier molecular flexibility index (Phi) is 222. The zero-order valence-corrected chi connectivity index (χ0v) is 4.90. The zero-order valence-electron chi connectivity index (χ0n) is 1.86. The van der Waals surface area contributed by atoms with Crippen LogP contribution in [0.15, 0.2) is 0 Å². The molecule has 0 unspecified atom stereocenters. The molecule has 0 aliphatic rings. The van der Waals surface area contributed by atoms with Crippen molar-refractivity contribution in [1.29, 1.82) is 0 Å². The Hall–Kier alpha value is 0.865. The average Bonchev–Trinajstić information content (AvgIpc) is 1.00. The van der Waals surface area contributed by atoms with Gasteiger partial charge in [0.05, 0.1) is 0 Å². The fourth-order valence-corrected chi connectivity index (χ4v) is 0. The third kappa shape index (κ3) is 13.3. The summed E-state index contributed by atoms with van der Waals surface area (Å²) in [5.74, 6) is 0. The van der Waals surface area contributed by atoms with E-state index in [1.165, 1.54) is 0 Å². The zero-order chi connectivity index (χ0) is 2.00. The predicted octanol–water partition coefficient (Wildman–Crippen LogP) is -0.190. The Bertz CT molecular complexity index is 8.00. The average molecular weight is 185 g/mol. The van der Waals surface area contributed by atoms with Gasteiger partial charge in [-0.2, -0.15) is 0 Å². The molecular formula is CH2CoMoO. The van der Waals surface area contributed by atoms with Crippen LogP contribution in [-0.2, 0) is 42.6 Å². The van der Waals surface area contributed by atoms with Crippen molar-refractivity contribution < 1.29 is 42.6 Å². The van der Waals surface area contributed by atoms with Gasteiger partial charge in [-0.3, -0.25) is 0 Å². The van der Waals surface area contributed by atoms with E-state index >= 15 is 0 Å². The number of hydrogen-bond donors (Lipinski definition) is 0. The second-order valence-corrected chi connectivity index (χ2v) is 0. The van der Waals surface area contributed by atoms with Gasteiger partial charge in [-0.25, -0.2) is 0 Å². The van der Waals surface area contributed by atoms with E-state index in [-0.39, 0.29) is 37.8 Å². The molecule has 0 bridgehead atoms. The van der Waals surface area contributed by atoms with Crippen molar-refractivity contribution in [2.45, 2.75) is 0 Å². The Balaban J connectivity index is -0.00000000500. The van der Waals surface area contributed by atoms with Gasteiger partial charge >= 0.3 is 0 Å². The minimum Gasteiger partial charge on any atom is -0.307 e. The number of carbonyl (C=O) groups excluding carboxylic acids is 1. The molecular weight excluding hydrogens is 183 g/mol. The molecule has 27 valence electrons. The molecule has 0 aliphatic heterocycles. The van der Waals surface area contributed by atoms with E-state index in [9.17, 15) is 0 Å². The molecule has 0 spiro atoms. The van der Waals surface area contributed by atoms with Crippen LogP contribution in [-0.4, -0.2) is 6.79 Å². The summed E-state index contributed by atoms with van der Waals surface area (Å²) in [6.07, 6.45) is 0. The molecule has 0 heterocycles. The summed E-state index contributed by atoms with van der Waals surface area (Å²) >= 11 is 0. The molecule has 0 amide bonds. The molecule has 3 heteroatoms. The summed E-state index contributed by atoms with van der Waals surface area (Å²) in [6, 6.07) is 0. The monoisotopic (exact) mass is 187 g/mol. The summed E-state index contributed by atoms with van der Waals surface area (Å²) < 4.78 is 0. The van der Waals surface area contributed by atoms with Gasteiger partial charge in [0.15, 0.2) is 0 Å². The number of rotatable bonds is 0. The standard InChI is InChI=1S/CH2O.Co.Mo/c1-2;;/h1H2;;. The molecule has 0 aliphatic carbocycles. The molecule has 0 saturated carbocycles. The molecule has 0 N–H and O–H groups in total. The second kappa shape index (κ2) is 42.4. The van der Waals surface area contributed by atoms with E-state index in [4.69, 9.17) is 4.79 Å². The molecule has 0 aromatic rings. The van der Waals surface area contributed by atoms with E-state index in [1.54, 1.807) is 0 Å². The number of hydrogen-bond acceptors (Lipinski definition) is 1. The molecule has 0 saturated heterocycles. The fourth-order valence-electron chi connectivity index (χ4n) is 0. The van der Waals surface area contributed by atoms with Crippen LogP contribution >= 0.6 is 0 Å². The Morgan fingerprint density at radius 1 is 1.25 bits per heavy atom. The van der Waals surface area contributed by atoms with Crippen LogP contribution < -0.4 is 0 Å². The van der Waals surface area contributed by atoms with Crippen LogP contribution in [0.5, 0.6) is 0 Å². The third-order valence-corrected chi connectivity index (χ3v) is 0. The van der Waals surface area contributed by atoms with Crippen molar-refractivity contribution in [3.8, 4) is 0 Å². The van der Waals surface area contributed by atoms with Crippen molar-refractivity contribution in [2.24, 2.45) is 0 Å². The van der Waals surface area contributed by atoms with Crippen LogP contribution in [0.25, 0.3) is 0 Å². The summed E-state index contributed by atoms with van der Waals surface area (Å²) in [5, 5.41) is 0. The first-order chi connectivity index (χ1) is 1.00. The molecule has 4 heavy (non-hydrogen) atoms. The van der Waals surface area contributed by atoms with Gasteiger partial charge in [0.1, 0.15) is 6.79 Å². The summed E-state index contributed by atoms with van der Waals surface area (Å²) in [6.45, 7) is 2.00. The van der Waals surface area contributed by atoms with Gasteiger partial charge in [0, 0.05) is 37.8 Å². The Morgan fingerprint density at radius 3 is 1.25 bits per heavy atom. The van der Waals surface area contributed by atoms with E-state index in [2.05, 4.69) is 0 Å². The van der Waals surface area contributed by atoms with Gasteiger partial charge in [0.2, 0.25) is 0 Å². The maximum absolute atomic E-state index is 8.00. The van der Waals surface area contributed by atoms with Crippen LogP contribution in [0.3, 0.4) is 0 Å². The Labute approximate surface area is 49.6 Å². The van der Waals surface area contributed by atoms with Crippen LogP contribution in [0.1, 0.15) is 0 Å². The first kappa shape index (κ1) is 20.9. The van der Waals surface area contributed by atoms with Gasteiger partial charge in [-0.1, -0.05) is 0 Å². The van der Waals surface area contributed by atoms with Crippen molar-refractivity contribution in [1.82, 2.24) is 0 Å². The smallest absolute Gasteiger partial charge is 0.106 e. The first-order valence-corrected chi connectivity index (χ1v) is 0.289. The van der Waals surface area contributed by atoms with E-state index in [0.29, 0.717) is 0 Å². The van der Waals surface area contributed by atoms with E-state index in [1.807, 2.05) is 6.79 Å². The van der Waals surface area contributed by atoms with E-state index < -0.39 is 0 Å². The van der Waals surface area contributed by atoms with Crippen LogP contribution in [0.2, 0.25) is 0 Å². The summed E-state index contributed by atoms with van der Waals surface area (Å²) in [4.78, 5) is 8.00.